The van der Waals surface area contributed by atoms with Crippen LogP contribution >= 0.6 is 0 Å². The van der Waals surface area contributed by atoms with E-state index >= 15 is 0 Å². The molecule has 0 saturated heterocycles. The van der Waals surface area contributed by atoms with Crippen LogP contribution in [-0.4, -0.2) is 75.8 Å². The molecule has 0 aromatic heterocycles. The molecule has 142 valence electrons. The lowest BCUT2D eigenvalue weighted by Crippen LogP contribution is -2.11. The van der Waals surface area contributed by atoms with Gasteiger partial charge in [-0.2, -0.15) is 0 Å². The number of ether oxygens (including phenoxy) is 4. The third-order valence-corrected chi connectivity index (χ3v) is 2.62. The van der Waals surface area contributed by atoms with Crippen molar-refractivity contribution in [2.24, 2.45) is 0 Å². The highest BCUT2D eigenvalue weighted by molar-refractivity contribution is 4.41. The van der Waals surface area contributed by atoms with Crippen LogP contribution < -0.4 is 0 Å². The molecule has 6 heteroatoms. The minimum absolute atomic E-state index is 0.0696. The molecular weight excluding hydrogens is 300 g/mol. The van der Waals surface area contributed by atoms with Gasteiger partial charge in [-0.25, -0.2) is 0 Å². The first kappa shape index (κ1) is 25.0. The molecule has 0 amide bonds. The van der Waals surface area contributed by atoms with Crippen molar-refractivity contribution in [1.82, 2.24) is 0 Å². The zero-order valence-electron chi connectivity index (χ0n) is 15.3. The number of hydrogen-bond acceptors (Lipinski definition) is 6. The summed E-state index contributed by atoms with van der Waals surface area (Å²) in [6.45, 7) is 10.9. The topological polar surface area (TPSA) is 77.4 Å². The summed E-state index contributed by atoms with van der Waals surface area (Å²) in [5.41, 5.74) is 0. The first-order valence-electron chi connectivity index (χ1n) is 8.78. The summed E-state index contributed by atoms with van der Waals surface area (Å²) in [4.78, 5) is 0. The normalized spacial score (nSPS) is 11.9. The monoisotopic (exact) mass is 338 g/mol. The fraction of sp³-hybridized carbons (Fsp3) is 1.00. The van der Waals surface area contributed by atoms with E-state index in [4.69, 9.17) is 29.2 Å². The van der Waals surface area contributed by atoms with Crippen LogP contribution in [0.1, 0.15) is 46.5 Å². The minimum atomic E-state index is -0.318. The lowest BCUT2D eigenvalue weighted by Gasteiger charge is -2.05. The van der Waals surface area contributed by atoms with E-state index in [0.29, 0.717) is 39.6 Å². The fourth-order valence-electron chi connectivity index (χ4n) is 1.35. The molecule has 1 unspecified atom stereocenters. The number of hydrogen-bond donors (Lipinski definition) is 2. The van der Waals surface area contributed by atoms with Gasteiger partial charge in [-0.1, -0.05) is 26.7 Å². The summed E-state index contributed by atoms with van der Waals surface area (Å²) in [6.07, 6.45) is 4.20. The van der Waals surface area contributed by atoms with Crippen molar-refractivity contribution in [3.05, 3.63) is 0 Å². The predicted molar refractivity (Wildman–Crippen MR) is 91.9 cm³/mol. The van der Waals surface area contributed by atoms with E-state index in [2.05, 4.69) is 13.8 Å². The van der Waals surface area contributed by atoms with Gasteiger partial charge < -0.3 is 29.2 Å². The van der Waals surface area contributed by atoms with Gasteiger partial charge in [0.25, 0.3) is 0 Å². The van der Waals surface area contributed by atoms with Gasteiger partial charge in [-0.3, -0.25) is 0 Å². The fourth-order valence-corrected chi connectivity index (χ4v) is 1.35. The van der Waals surface area contributed by atoms with Gasteiger partial charge in [0.1, 0.15) is 0 Å². The van der Waals surface area contributed by atoms with Crippen LogP contribution in [0.2, 0.25) is 0 Å². The Balaban J connectivity index is 0. The Morgan fingerprint density at radius 1 is 0.696 bits per heavy atom. The van der Waals surface area contributed by atoms with Crippen LogP contribution in [0, 0.1) is 0 Å². The van der Waals surface area contributed by atoms with Crippen molar-refractivity contribution in [2.75, 3.05) is 59.5 Å². The maximum Gasteiger partial charge on any atom is 0.0745 e. The van der Waals surface area contributed by atoms with E-state index in [1.54, 1.807) is 6.92 Å². The molecule has 0 aliphatic rings. The summed E-state index contributed by atoms with van der Waals surface area (Å²) < 4.78 is 20.6. The second-order valence-electron chi connectivity index (χ2n) is 5.19. The summed E-state index contributed by atoms with van der Waals surface area (Å²) >= 11 is 0. The van der Waals surface area contributed by atoms with Crippen molar-refractivity contribution < 1.29 is 29.2 Å². The summed E-state index contributed by atoms with van der Waals surface area (Å²) in [7, 11) is 0. The van der Waals surface area contributed by atoms with Gasteiger partial charge in [-0.15, -0.1) is 0 Å². The van der Waals surface area contributed by atoms with E-state index < -0.39 is 0 Å². The van der Waals surface area contributed by atoms with Crippen molar-refractivity contribution in [3.63, 3.8) is 0 Å². The zero-order chi connectivity index (χ0) is 17.6. The molecule has 0 radical (unpaired) electrons. The maximum atomic E-state index is 8.73. The molecule has 2 N–H and O–H groups in total. The summed E-state index contributed by atoms with van der Waals surface area (Å²) in [5.74, 6) is 0. The smallest absolute Gasteiger partial charge is 0.0745 e. The van der Waals surface area contributed by atoms with Gasteiger partial charge in [0.05, 0.1) is 52.4 Å². The van der Waals surface area contributed by atoms with Gasteiger partial charge in [0.15, 0.2) is 0 Å². The Bertz CT molecular complexity index is 178. The SMILES string of the molecule is CCCCOCC(C)O.CCCCOCCOCCOCCO. The second-order valence-corrected chi connectivity index (χ2v) is 5.19. The van der Waals surface area contributed by atoms with Crippen LogP contribution in [0.25, 0.3) is 0 Å². The van der Waals surface area contributed by atoms with Crippen LogP contribution in [-0.2, 0) is 18.9 Å². The first-order chi connectivity index (χ1) is 11.2. The van der Waals surface area contributed by atoms with Crippen LogP contribution in [0.5, 0.6) is 0 Å². The molecule has 1 atom stereocenters. The van der Waals surface area contributed by atoms with Gasteiger partial charge >= 0.3 is 0 Å². The second kappa shape index (κ2) is 24.0. The van der Waals surface area contributed by atoms with E-state index in [9.17, 15) is 0 Å². The number of rotatable bonds is 16. The zero-order valence-corrected chi connectivity index (χ0v) is 15.3. The van der Waals surface area contributed by atoms with Crippen molar-refractivity contribution in [3.8, 4) is 0 Å². The van der Waals surface area contributed by atoms with Crippen LogP contribution in [0.15, 0.2) is 0 Å². The third kappa shape index (κ3) is 30.2. The summed E-state index contributed by atoms with van der Waals surface area (Å²) in [6, 6.07) is 0. The van der Waals surface area contributed by atoms with Crippen molar-refractivity contribution in [1.29, 1.82) is 0 Å². The Morgan fingerprint density at radius 2 is 1.13 bits per heavy atom. The number of aliphatic hydroxyl groups excluding tert-OH is 2. The van der Waals surface area contributed by atoms with E-state index in [-0.39, 0.29) is 12.7 Å². The Kier molecular flexibility index (Phi) is 26.1. The van der Waals surface area contributed by atoms with E-state index in [1.165, 1.54) is 0 Å². The van der Waals surface area contributed by atoms with E-state index in [0.717, 1.165) is 38.9 Å². The lowest BCUT2D eigenvalue weighted by atomic mass is 10.4. The maximum absolute atomic E-state index is 8.73. The predicted octanol–water partition coefficient (Wildman–Crippen LogP) is 2.01. The van der Waals surface area contributed by atoms with Crippen LogP contribution in [0.4, 0.5) is 0 Å². The number of aliphatic hydroxyl groups is 2. The average Bonchev–Trinajstić information content (AvgIpc) is 2.54. The largest absolute Gasteiger partial charge is 0.394 e. The summed E-state index contributed by atoms with van der Waals surface area (Å²) in [5, 5.41) is 17.1. The van der Waals surface area contributed by atoms with Gasteiger partial charge in [0.2, 0.25) is 0 Å². The molecule has 0 aliphatic heterocycles. The minimum Gasteiger partial charge on any atom is -0.394 e. The highest BCUT2D eigenvalue weighted by atomic mass is 16.5. The lowest BCUT2D eigenvalue weighted by molar-refractivity contribution is 0.00735. The molecule has 0 heterocycles. The Morgan fingerprint density at radius 3 is 1.57 bits per heavy atom. The molecule has 0 spiro atoms. The van der Waals surface area contributed by atoms with Crippen molar-refractivity contribution in [2.45, 2.75) is 52.6 Å². The quantitative estimate of drug-likeness (QED) is 0.419. The first-order valence-corrected chi connectivity index (χ1v) is 8.78. The Hall–Kier alpha value is -0.240. The highest BCUT2D eigenvalue weighted by Crippen LogP contribution is 1.89. The Labute approximate surface area is 142 Å². The molecule has 6 nitrogen and oxygen atoms in total. The van der Waals surface area contributed by atoms with Crippen molar-refractivity contribution >= 4 is 0 Å². The molecule has 0 aromatic carbocycles. The molecule has 0 fully saturated rings. The molecule has 23 heavy (non-hydrogen) atoms. The molecule has 0 aliphatic carbocycles. The third-order valence-electron chi connectivity index (χ3n) is 2.62. The average molecular weight is 338 g/mol. The highest BCUT2D eigenvalue weighted by Gasteiger charge is 1.93. The van der Waals surface area contributed by atoms with Crippen LogP contribution in [0.3, 0.4) is 0 Å². The van der Waals surface area contributed by atoms with Gasteiger partial charge in [-0.05, 0) is 19.8 Å². The number of unbranched alkanes of at least 4 members (excludes halogenated alkanes) is 2. The van der Waals surface area contributed by atoms with E-state index in [1.807, 2.05) is 0 Å². The molecular formula is C17H38O6. The molecule has 0 bridgehead atoms. The van der Waals surface area contributed by atoms with Gasteiger partial charge in [0, 0.05) is 13.2 Å². The molecule has 0 saturated carbocycles. The standard InChI is InChI=1S/C10H22O4.C7H16O2/c1-2-3-5-12-7-9-14-10-8-13-6-4-11;1-3-4-5-9-6-7(2)8/h11H,2-10H2,1H3;7-8H,3-6H2,1-2H3. The molecule has 0 aromatic rings. The molecule has 0 rings (SSSR count).